The van der Waals surface area contributed by atoms with E-state index >= 15 is 0 Å². The normalized spacial score (nSPS) is 19.6. The van der Waals surface area contributed by atoms with Crippen molar-refractivity contribution in [3.05, 3.63) is 47.5 Å². The van der Waals surface area contributed by atoms with Crippen molar-refractivity contribution >= 4 is 10.8 Å². The van der Waals surface area contributed by atoms with Gasteiger partial charge in [-0.25, -0.2) is 0 Å². The molecule has 0 aromatic heterocycles. The standard InChI is InChI=1S/C17H20/c1-12(2)13-7-8-16-10-14-5-3-4-6-15(14)11-17(16)9-13/h3-6,10-13H,7-9H2,1-2H3. The van der Waals surface area contributed by atoms with Crippen LogP contribution in [-0.4, -0.2) is 0 Å². The molecule has 0 N–H and O–H groups in total. The first-order valence-electron chi connectivity index (χ1n) is 6.74. The van der Waals surface area contributed by atoms with Gasteiger partial charge in [-0.05, 0) is 53.0 Å². The molecule has 3 rings (SSSR count). The second-order valence-electron chi connectivity index (χ2n) is 5.71. The summed E-state index contributed by atoms with van der Waals surface area (Å²) in [5.41, 5.74) is 3.18. The zero-order chi connectivity index (χ0) is 11.8. The summed E-state index contributed by atoms with van der Waals surface area (Å²) in [6.07, 6.45) is 3.91. The van der Waals surface area contributed by atoms with E-state index in [1.165, 1.54) is 30.0 Å². The van der Waals surface area contributed by atoms with Crippen LogP contribution in [0.1, 0.15) is 31.4 Å². The van der Waals surface area contributed by atoms with Crippen LogP contribution in [0.25, 0.3) is 10.8 Å². The molecule has 1 aliphatic carbocycles. The predicted octanol–water partition coefficient (Wildman–Crippen LogP) is 4.60. The lowest BCUT2D eigenvalue weighted by molar-refractivity contribution is 0.343. The summed E-state index contributed by atoms with van der Waals surface area (Å²) in [6, 6.07) is 13.5. The van der Waals surface area contributed by atoms with Gasteiger partial charge in [-0.15, -0.1) is 0 Å². The average Bonchev–Trinajstić information content (AvgIpc) is 2.35. The molecule has 0 heteroatoms. The molecular weight excluding hydrogens is 204 g/mol. The van der Waals surface area contributed by atoms with Crippen molar-refractivity contribution in [1.29, 1.82) is 0 Å². The fourth-order valence-corrected chi connectivity index (χ4v) is 3.05. The Balaban J connectivity index is 2.05. The maximum absolute atomic E-state index is 2.42. The highest BCUT2D eigenvalue weighted by Gasteiger charge is 2.21. The highest BCUT2D eigenvalue weighted by molar-refractivity contribution is 5.84. The van der Waals surface area contributed by atoms with Gasteiger partial charge in [-0.1, -0.05) is 50.2 Å². The second-order valence-corrected chi connectivity index (χ2v) is 5.71. The molecule has 0 heterocycles. The summed E-state index contributed by atoms with van der Waals surface area (Å²) in [7, 11) is 0. The van der Waals surface area contributed by atoms with Gasteiger partial charge in [-0.2, -0.15) is 0 Å². The molecule has 0 nitrogen and oxygen atoms in total. The molecule has 88 valence electrons. The quantitative estimate of drug-likeness (QED) is 0.664. The number of benzene rings is 2. The van der Waals surface area contributed by atoms with Crippen LogP contribution >= 0.6 is 0 Å². The van der Waals surface area contributed by atoms with Crippen LogP contribution in [0.2, 0.25) is 0 Å². The summed E-state index contributed by atoms with van der Waals surface area (Å²) in [4.78, 5) is 0. The van der Waals surface area contributed by atoms with Crippen molar-refractivity contribution in [2.24, 2.45) is 11.8 Å². The van der Waals surface area contributed by atoms with Crippen LogP contribution in [0.15, 0.2) is 36.4 Å². The van der Waals surface area contributed by atoms with Crippen molar-refractivity contribution in [2.45, 2.75) is 33.1 Å². The Kier molecular flexibility index (Phi) is 2.66. The summed E-state index contributed by atoms with van der Waals surface area (Å²) in [5.74, 6) is 1.69. The fourth-order valence-electron chi connectivity index (χ4n) is 3.05. The van der Waals surface area contributed by atoms with Crippen LogP contribution in [0.5, 0.6) is 0 Å². The summed E-state index contributed by atoms with van der Waals surface area (Å²) in [5, 5.41) is 2.80. The van der Waals surface area contributed by atoms with Crippen LogP contribution in [0.3, 0.4) is 0 Å². The molecule has 0 saturated carbocycles. The Morgan fingerprint density at radius 1 is 1.00 bits per heavy atom. The molecule has 1 aliphatic rings. The van der Waals surface area contributed by atoms with Gasteiger partial charge in [0, 0.05) is 0 Å². The van der Waals surface area contributed by atoms with Gasteiger partial charge in [0.25, 0.3) is 0 Å². The van der Waals surface area contributed by atoms with E-state index in [4.69, 9.17) is 0 Å². The van der Waals surface area contributed by atoms with E-state index in [0.717, 1.165) is 11.8 Å². The second kappa shape index (κ2) is 4.18. The molecule has 0 radical (unpaired) electrons. The Morgan fingerprint density at radius 2 is 1.65 bits per heavy atom. The van der Waals surface area contributed by atoms with E-state index in [9.17, 15) is 0 Å². The number of hydrogen-bond acceptors (Lipinski definition) is 0. The zero-order valence-corrected chi connectivity index (χ0v) is 10.7. The lowest BCUT2D eigenvalue weighted by Gasteiger charge is -2.27. The van der Waals surface area contributed by atoms with Crippen molar-refractivity contribution < 1.29 is 0 Å². The van der Waals surface area contributed by atoms with Crippen molar-refractivity contribution in [3.8, 4) is 0 Å². The zero-order valence-electron chi connectivity index (χ0n) is 10.7. The minimum Gasteiger partial charge on any atom is -0.0625 e. The number of rotatable bonds is 1. The number of fused-ring (bicyclic) bond motifs is 2. The minimum atomic E-state index is 0.814. The van der Waals surface area contributed by atoms with Gasteiger partial charge in [0.1, 0.15) is 0 Å². The van der Waals surface area contributed by atoms with Gasteiger partial charge in [0.2, 0.25) is 0 Å². The Hall–Kier alpha value is -1.30. The average molecular weight is 224 g/mol. The van der Waals surface area contributed by atoms with E-state index in [0.29, 0.717) is 0 Å². The molecule has 2 aromatic carbocycles. The van der Waals surface area contributed by atoms with E-state index in [2.05, 4.69) is 50.2 Å². The van der Waals surface area contributed by atoms with E-state index in [-0.39, 0.29) is 0 Å². The number of hydrogen-bond donors (Lipinski definition) is 0. The maximum Gasteiger partial charge on any atom is -0.0181 e. The van der Waals surface area contributed by atoms with Gasteiger partial charge < -0.3 is 0 Å². The molecule has 1 atom stereocenters. The van der Waals surface area contributed by atoms with Crippen molar-refractivity contribution in [2.75, 3.05) is 0 Å². The first-order valence-corrected chi connectivity index (χ1v) is 6.74. The van der Waals surface area contributed by atoms with E-state index in [1.807, 2.05) is 0 Å². The van der Waals surface area contributed by atoms with Gasteiger partial charge >= 0.3 is 0 Å². The van der Waals surface area contributed by atoms with E-state index < -0.39 is 0 Å². The summed E-state index contributed by atoms with van der Waals surface area (Å²) in [6.45, 7) is 4.72. The van der Waals surface area contributed by atoms with Crippen LogP contribution in [0, 0.1) is 11.8 Å². The van der Waals surface area contributed by atoms with Gasteiger partial charge in [0.05, 0.1) is 0 Å². The highest BCUT2D eigenvalue weighted by Crippen LogP contribution is 2.32. The molecule has 0 amide bonds. The molecule has 0 fully saturated rings. The summed E-state index contributed by atoms with van der Waals surface area (Å²) >= 11 is 0. The monoisotopic (exact) mass is 224 g/mol. The Labute approximate surface area is 104 Å². The topological polar surface area (TPSA) is 0 Å². The van der Waals surface area contributed by atoms with Gasteiger partial charge in [0.15, 0.2) is 0 Å². The maximum atomic E-state index is 2.42. The van der Waals surface area contributed by atoms with Crippen molar-refractivity contribution in [3.63, 3.8) is 0 Å². The molecule has 2 aromatic rings. The van der Waals surface area contributed by atoms with Crippen LogP contribution < -0.4 is 0 Å². The molecule has 17 heavy (non-hydrogen) atoms. The molecule has 0 aliphatic heterocycles. The third-order valence-electron chi connectivity index (χ3n) is 4.28. The molecule has 0 spiro atoms. The Bertz CT molecular complexity index is 537. The minimum absolute atomic E-state index is 0.814. The largest absolute Gasteiger partial charge is 0.0625 e. The summed E-state index contributed by atoms with van der Waals surface area (Å²) < 4.78 is 0. The Morgan fingerprint density at radius 3 is 2.29 bits per heavy atom. The van der Waals surface area contributed by atoms with Gasteiger partial charge in [-0.3, -0.25) is 0 Å². The molecular formula is C17H20. The predicted molar refractivity (Wildman–Crippen MR) is 74.3 cm³/mol. The molecule has 1 unspecified atom stereocenters. The SMILES string of the molecule is CC(C)C1CCc2cc3ccccc3cc2C1. The third kappa shape index (κ3) is 1.97. The highest BCUT2D eigenvalue weighted by atomic mass is 14.3. The smallest absolute Gasteiger partial charge is 0.0181 e. The lowest BCUT2D eigenvalue weighted by Crippen LogP contribution is -2.18. The molecule has 0 bridgehead atoms. The van der Waals surface area contributed by atoms with Crippen LogP contribution in [-0.2, 0) is 12.8 Å². The van der Waals surface area contributed by atoms with Crippen LogP contribution in [0.4, 0.5) is 0 Å². The van der Waals surface area contributed by atoms with Crippen molar-refractivity contribution in [1.82, 2.24) is 0 Å². The third-order valence-corrected chi connectivity index (χ3v) is 4.28. The lowest BCUT2D eigenvalue weighted by atomic mass is 9.78. The number of aryl methyl sites for hydroxylation is 1. The van der Waals surface area contributed by atoms with E-state index in [1.54, 1.807) is 11.1 Å². The fraction of sp³-hybridized carbons (Fsp3) is 0.412. The first kappa shape index (κ1) is 10.8. The first-order chi connectivity index (χ1) is 8.24. The molecule has 0 saturated heterocycles.